The summed E-state index contributed by atoms with van der Waals surface area (Å²) in [4.78, 5) is 17.8. The molecule has 2 saturated heterocycles. The molecule has 2 aromatic heterocycles. The molecule has 7 nitrogen and oxygen atoms in total. The third-order valence-electron chi connectivity index (χ3n) is 6.48. The van der Waals surface area contributed by atoms with Gasteiger partial charge in [-0.05, 0) is 57.2 Å². The summed E-state index contributed by atoms with van der Waals surface area (Å²) in [7, 11) is 0. The first-order valence-corrected chi connectivity index (χ1v) is 10.9. The van der Waals surface area contributed by atoms with Crippen molar-refractivity contribution in [3.8, 4) is 0 Å². The third-order valence-corrected chi connectivity index (χ3v) is 6.48. The summed E-state index contributed by atoms with van der Waals surface area (Å²) in [5, 5.41) is 12.5. The van der Waals surface area contributed by atoms with Crippen LogP contribution in [0.4, 0.5) is 5.82 Å². The monoisotopic (exact) mass is 404 g/mol. The molecule has 5 rings (SSSR count). The van der Waals surface area contributed by atoms with Crippen molar-refractivity contribution in [2.45, 2.75) is 45.6 Å². The Morgan fingerprint density at radius 3 is 2.53 bits per heavy atom. The SMILES string of the molecule is Cc1cc(C)cc(C2CCCN2C(=O)C2CCN(c3ccc4nncn4n3)CC2)c1. The number of aromatic nitrogens is 4. The summed E-state index contributed by atoms with van der Waals surface area (Å²) in [6, 6.07) is 10.9. The smallest absolute Gasteiger partial charge is 0.226 e. The highest BCUT2D eigenvalue weighted by molar-refractivity contribution is 5.80. The third kappa shape index (κ3) is 3.53. The van der Waals surface area contributed by atoms with Gasteiger partial charge in [-0.15, -0.1) is 15.3 Å². The number of anilines is 1. The van der Waals surface area contributed by atoms with E-state index in [-0.39, 0.29) is 12.0 Å². The minimum atomic E-state index is 0.103. The van der Waals surface area contributed by atoms with Gasteiger partial charge in [0.05, 0.1) is 6.04 Å². The van der Waals surface area contributed by atoms with E-state index in [2.05, 4.69) is 57.1 Å². The van der Waals surface area contributed by atoms with Gasteiger partial charge < -0.3 is 9.80 Å². The van der Waals surface area contributed by atoms with E-state index < -0.39 is 0 Å². The topological polar surface area (TPSA) is 66.6 Å². The van der Waals surface area contributed by atoms with Gasteiger partial charge in [-0.25, -0.2) is 0 Å². The fourth-order valence-corrected chi connectivity index (χ4v) is 5.06. The maximum atomic E-state index is 13.4. The summed E-state index contributed by atoms with van der Waals surface area (Å²) < 4.78 is 1.70. The zero-order valence-corrected chi connectivity index (χ0v) is 17.7. The second kappa shape index (κ2) is 7.70. The van der Waals surface area contributed by atoms with Crippen molar-refractivity contribution in [2.75, 3.05) is 24.5 Å². The van der Waals surface area contributed by atoms with Gasteiger partial charge >= 0.3 is 0 Å². The average molecular weight is 405 g/mol. The molecule has 30 heavy (non-hydrogen) atoms. The molecule has 4 heterocycles. The molecule has 3 aromatic rings. The number of nitrogens with zero attached hydrogens (tertiary/aromatic N) is 6. The van der Waals surface area contributed by atoms with E-state index in [4.69, 9.17) is 0 Å². The lowest BCUT2D eigenvalue weighted by Crippen LogP contribution is -2.42. The number of hydrogen-bond donors (Lipinski definition) is 0. The van der Waals surface area contributed by atoms with Gasteiger partial charge in [0.15, 0.2) is 5.65 Å². The summed E-state index contributed by atoms with van der Waals surface area (Å²) in [6.07, 6.45) is 5.52. The van der Waals surface area contributed by atoms with Gasteiger partial charge in [0.1, 0.15) is 12.1 Å². The quantitative estimate of drug-likeness (QED) is 0.670. The first-order chi connectivity index (χ1) is 14.6. The number of carbonyl (C=O) groups is 1. The van der Waals surface area contributed by atoms with Crippen LogP contribution < -0.4 is 4.90 Å². The molecule has 2 fully saturated rings. The van der Waals surface area contributed by atoms with Crippen molar-refractivity contribution < 1.29 is 4.79 Å². The van der Waals surface area contributed by atoms with Gasteiger partial charge in [-0.1, -0.05) is 29.3 Å². The summed E-state index contributed by atoms with van der Waals surface area (Å²) in [5.74, 6) is 1.35. The van der Waals surface area contributed by atoms with E-state index in [1.807, 2.05) is 12.1 Å². The number of benzene rings is 1. The molecule has 0 saturated carbocycles. The number of aryl methyl sites for hydroxylation is 2. The lowest BCUT2D eigenvalue weighted by molar-refractivity contribution is -0.137. The molecule has 0 N–H and O–H groups in total. The van der Waals surface area contributed by atoms with Gasteiger partial charge in [0.25, 0.3) is 0 Å². The molecule has 2 aliphatic heterocycles. The van der Waals surface area contributed by atoms with Crippen LogP contribution in [0.15, 0.2) is 36.7 Å². The van der Waals surface area contributed by atoms with Crippen molar-refractivity contribution in [3.05, 3.63) is 53.3 Å². The zero-order valence-electron chi connectivity index (χ0n) is 17.7. The van der Waals surface area contributed by atoms with Crippen LogP contribution >= 0.6 is 0 Å². The normalized spacial score (nSPS) is 20.3. The number of carbonyl (C=O) groups excluding carboxylic acids is 1. The molecule has 1 aromatic carbocycles. The van der Waals surface area contributed by atoms with Gasteiger partial charge in [0.2, 0.25) is 5.91 Å². The number of hydrogen-bond acceptors (Lipinski definition) is 5. The minimum Gasteiger partial charge on any atom is -0.355 e. The van der Waals surface area contributed by atoms with Crippen LogP contribution in [0.1, 0.15) is 48.4 Å². The molecule has 1 unspecified atom stereocenters. The molecule has 0 bridgehead atoms. The Labute approximate surface area is 176 Å². The van der Waals surface area contributed by atoms with Crippen LogP contribution in [0, 0.1) is 19.8 Å². The molecule has 156 valence electrons. The molecule has 7 heteroatoms. The average Bonchev–Trinajstić information content (AvgIpc) is 3.41. The van der Waals surface area contributed by atoms with E-state index >= 15 is 0 Å². The highest BCUT2D eigenvalue weighted by atomic mass is 16.2. The Kier molecular flexibility index (Phi) is 4.89. The molecular formula is C23H28N6O. The summed E-state index contributed by atoms with van der Waals surface area (Å²) >= 11 is 0. The fraction of sp³-hybridized carbons (Fsp3) is 0.478. The number of fused-ring (bicyclic) bond motifs is 1. The lowest BCUT2D eigenvalue weighted by atomic mass is 9.93. The highest BCUT2D eigenvalue weighted by Gasteiger charge is 2.35. The van der Waals surface area contributed by atoms with Crippen LogP contribution in [-0.4, -0.2) is 50.3 Å². The Morgan fingerprint density at radius 2 is 1.77 bits per heavy atom. The number of piperidine rings is 1. The molecule has 0 radical (unpaired) electrons. The van der Waals surface area contributed by atoms with Crippen LogP contribution in [0.5, 0.6) is 0 Å². The highest BCUT2D eigenvalue weighted by Crippen LogP contribution is 2.35. The first kappa shape index (κ1) is 19.0. The van der Waals surface area contributed by atoms with Gasteiger partial charge in [-0.3, -0.25) is 4.79 Å². The predicted octanol–water partition coefficient (Wildman–Crippen LogP) is 3.32. The van der Waals surface area contributed by atoms with Crippen molar-refractivity contribution in [1.29, 1.82) is 0 Å². The molecule has 0 spiro atoms. The number of rotatable bonds is 3. The second-order valence-electron chi connectivity index (χ2n) is 8.70. The van der Waals surface area contributed by atoms with Crippen molar-refractivity contribution >= 4 is 17.4 Å². The van der Waals surface area contributed by atoms with E-state index in [0.717, 1.165) is 56.8 Å². The predicted molar refractivity (Wildman–Crippen MR) is 115 cm³/mol. The van der Waals surface area contributed by atoms with Gasteiger partial charge in [-0.2, -0.15) is 4.52 Å². The number of amides is 1. The van der Waals surface area contributed by atoms with Crippen LogP contribution in [0.2, 0.25) is 0 Å². The largest absolute Gasteiger partial charge is 0.355 e. The summed E-state index contributed by atoms with van der Waals surface area (Å²) in [6.45, 7) is 6.85. The van der Waals surface area contributed by atoms with E-state index in [1.165, 1.54) is 16.7 Å². The van der Waals surface area contributed by atoms with E-state index in [1.54, 1.807) is 10.8 Å². The Bertz CT molecular complexity index is 1050. The maximum absolute atomic E-state index is 13.4. The molecule has 1 amide bonds. The lowest BCUT2D eigenvalue weighted by Gasteiger charge is -2.35. The number of likely N-dealkylation sites (tertiary alicyclic amines) is 1. The first-order valence-electron chi connectivity index (χ1n) is 10.9. The van der Waals surface area contributed by atoms with Gasteiger partial charge in [0, 0.05) is 25.6 Å². The van der Waals surface area contributed by atoms with E-state index in [0.29, 0.717) is 5.91 Å². The minimum absolute atomic E-state index is 0.103. The molecule has 2 aliphatic rings. The standard InChI is InChI=1S/C23H28N6O/c1-16-12-17(2)14-19(13-16)20-4-3-9-28(20)23(30)18-7-10-27(11-8-18)22-6-5-21-25-24-15-29(21)26-22/h5-6,12-15,18,20H,3-4,7-11H2,1-2H3. The Morgan fingerprint density at radius 1 is 1.00 bits per heavy atom. The Balaban J connectivity index is 1.26. The summed E-state index contributed by atoms with van der Waals surface area (Å²) in [5.41, 5.74) is 4.59. The van der Waals surface area contributed by atoms with Crippen molar-refractivity contribution in [2.24, 2.45) is 5.92 Å². The fourth-order valence-electron chi connectivity index (χ4n) is 5.06. The van der Waals surface area contributed by atoms with Crippen LogP contribution in [0.25, 0.3) is 5.65 Å². The van der Waals surface area contributed by atoms with Crippen molar-refractivity contribution in [1.82, 2.24) is 24.7 Å². The second-order valence-corrected chi connectivity index (χ2v) is 8.70. The molecule has 0 aliphatic carbocycles. The maximum Gasteiger partial charge on any atom is 0.226 e. The Hall–Kier alpha value is -2.96. The van der Waals surface area contributed by atoms with E-state index in [9.17, 15) is 4.79 Å². The molecule has 1 atom stereocenters. The van der Waals surface area contributed by atoms with Crippen LogP contribution in [0.3, 0.4) is 0 Å². The van der Waals surface area contributed by atoms with Crippen molar-refractivity contribution in [3.63, 3.8) is 0 Å². The van der Waals surface area contributed by atoms with Crippen LogP contribution in [-0.2, 0) is 4.79 Å². The molecular weight excluding hydrogens is 376 g/mol. The zero-order chi connectivity index (χ0) is 20.7.